The molecule has 0 aromatic heterocycles. The molecule has 2 rings (SSSR count). The molecule has 1 atom stereocenters. The Hall–Kier alpha value is -0.960. The van der Waals surface area contributed by atoms with E-state index in [9.17, 15) is 4.79 Å². The van der Waals surface area contributed by atoms with Crippen molar-refractivity contribution in [2.45, 2.75) is 18.3 Å². The van der Waals surface area contributed by atoms with Gasteiger partial charge in [0.1, 0.15) is 5.44 Å². The van der Waals surface area contributed by atoms with Gasteiger partial charge in [-0.2, -0.15) is 0 Å². The maximum atomic E-state index is 11.6. The van der Waals surface area contributed by atoms with Crippen LogP contribution in [0.15, 0.2) is 30.3 Å². The molecule has 0 amide bonds. The minimum atomic E-state index is -0.204. The molecule has 0 saturated carbocycles. The quantitative estimate of drug-likeness (QED) is 0.699. The zero-order valence-electron chi connectivity index (χ0n) is 7.81. The Morgan fingerprint density at radius 3 is 2.79 bits per heavy atom. The first-order chi connectivity index (χ1) is 6.86. The second-order valence-electron chi connectivity index (χ2n) is 3.21. The Labute approximate surface area is 87.6 Å². The standard InChI is InChI=1S/C11H12O2S/c12-11(9-5-2-1-3-6-9)13-10-7-4-8-14-10/h1-3,5-6,10H,4,7-8H2/t10-/m0/s1. The van der Waals surface area contributed by atoms with E-state index in [2.05, 4.69) is 0 Å². The van der Waals surface area contributed by atoms with Crippen LogP contribution in [0, 0.1) is 0 Å². The third-order valence-corrected chi connectivity index (χ3v) is 3.36. The average molecular weight is 208 g/mol. The van der Waals surface area contributed by atoms with E-state index in [-0.39, 0.29) is 11.4 Å². The number of carbonyl (C=O) groups excluding carboxylic acids is 1. The molecule has 0 aliphatic carbocycles. The summed E-state index contributed by atoms with van der Waals surface area (Å²) < 4.78 is 5.32. The minimum absolute atomic E-state index is 0.0720. The summed E-state index contributed by atoms with van der Waals surface area (Å²) in [7, 11) is 0. The molecule has 74 valence electrons. The van der Waals surface area contributed by atoms with Crippen LogP contribution in [0.1, 0.15) is 23.2 Å². The maximum absolute atomic E-state index is 11.6. The maximum Gasteiger partial charge on any atom is 0.339 e. The van der Waals surface area contributed by atoms with Crippen molar-refractivity contribution < 1.29 is 9.53 Å². The van der Waals surface area contributed by atoms with Gasteiger partial charge in [-0.1, -0.05) is 18.2 Å². The van der Waals surface area contributed by atoms with Crippen LogP contribution in [0.2, 0.25) is 0 Å². The van der Waals surface area contributed by atoms with Gasteiger partial charge in [-0.05, 0) is 30.7 Å². The molecule has 14 heavy (non-hydrogen) atoms. The predicted molar refractivity (Wildman–Crippen MR) is 57.3 cm³/mol. The van der Waals surface area contributed by atoms with E-state index >= 15 is 0 Å². The van der Waals surface area contributed by atoms with E-state index in [1.807, 2.05) is 18.2 Å². The fourth-order valence-corrected chi connectivity index (χ4v) is 2.49. The Kier molecular flexibility index (Phi) is 3.09. The lowest BCUT2D eigenvalue weighted by atomic mass is 10.2. The van der Waals surface area contributed by atoms with Crippen LogP contribution in [0.4, 0.5) is 0 Å². The van der Waals surface area contributed by atoms with E-state index in [1.54, 1.807) is 23.9 Å². The molecule has 1 aliphatic rings. The molecule has 1 aliphatic heterocycles. The second kappa shape index (κ2) is 4.51. The van der Waals surface area contributed by atoms with Gasteiger partial charge >= 0.3 is 5.97 Å². The summed E-state index contributed by atoms with van der Waals surface area (Å²) in [6.45, 7) is 0. The van der Waals surface area contributed by atoms with Gasteiger partial charge in [-0.15, -0.1) is 11.8 Å². The van der Waals surface area contributed by atoms with Crippen molar-refractivity contribution in [2.75, 3.05) is 5.75 Å². The molecule has 1 fully saturated rings. The molecule has 0 bridgehead atoms. The normalized spacial score (nSPS) is 20.7. The van der Waals surface area contributed by atoms with Crippen molar-refractivity contribution in [3.8, 4) is 0 Å². The first-order valence-corrected chi connectivity index (χ1v) is 5.79. The van der Waals surface area contributed by atoms with E-state index in [0.717, 1.165) is 18.6 Å². The number of thioether (sulfide) groups is 1. The zero-order valence-corrected chi connectivity index (χ0v) is 8.63. The van der Waals surface area contributed by atoms with Crippen molar-refractivity contribution in [1.82, 2.24) is 0 Å². The third-order valence-electron chi connectivity index (χ3n) is 2.14. The van der Waals surface area contributed by atoms with E-state index in [1.165, 1.54) is 0 Å². The molecule has 0 radical (unpaired) electrons. The molecule has 0 spiro atoms. The largest absolute Gasteiger partial charge is 0.448 e. The van der Waals surface area contributed by atoms with Crippen molar-refractivity contribution in [3.05, 3.63) is 35.9 Å². The molecule has 1 aromatic rings. The van der Waals surface area contributed by atoms with Gasteiger partial charge in [-0.25, -0.2) is 4.79 Å². The topological polar surface area (TPSA) is 26.3 Å². The molecule has 3 heteroatoms. The lowest BCUT2D eigenvalue weighted by Crippen LogP contribution is -2.12. The molecule has 1 aromatic carbocycles. The second-order valence-corrected chi connectivity index (χ2v) is 4.48. The lowest BCUT2D eigenvalue weighted by Gasteiger charge is -2.09. The summed E-state index contributed by atoms with van der Waals surface area (Å²) in [5, 5.41) is 0. The Morgan fingerprint density at radius 2 is 2.14 bits per heavy atom. The Bertz CT molecular complexity index is 304. The number of hydrogen-bond donors (Lipinski definition) is 0. The monoisotopic (exact) mass is 208 g/mol. The average Bonchev–Trinajstić information content (AvgIpc) is 2.72. The number of ether oxygens (including phenoxy) is 1. The number of rotatable bonds is 2. The summed E-state index contributed by atoms with van der Waals surface area (Å²) in [4.78, 5) is 11.6. The summed E-state index contributed by atoms with van der Waals surface area (Å²) in [6, 6.07) is 9.14. The van der Waals surface area contributed by atoms with Crippen molar-refractivity contribution in [1.29, 1.82) is 0 Å². The van der Waals surface area contributed by atoms with Crippen LogP contribution < -0.4 is 0 Å². The third kappa shape index (κ3) is 2.29. The molecule has 0 unspecified atom stereocenters. The molecule has 0 N–H and O–H groups in total. The Balaban J connectivity index is 1.95. The van der Waals surface area contributed by atoms with Crippen LogP contribution in [0.5, 0.6) is 0 Å². The molecule has 1 saturated heterocycles. The number of esters is 1. The SMILES string of the molecule is O=C(O[C@@H]1CCCS1)c1ccccc1. The molecule has 2 nitrogen and oxygen atoms in total. The highest BCUT2D eigenvalue weighted by molar-refractivity contribution is 8.00. The zero-order chi connectivity index (χ0) is 9.80. The molecular weight excluding hydrogens is 196 g/mol. The van der Waals surface area contributed by atoms with Crippen LogP contribution in [-0.2, 0) is 4.74 Å². The first-order valence-electron chi connectivity index (χ1n) is 4.74. The smallest absolute Gasteiger partial charge is 0.339 e. The van der Waals surface area contributed by atoms with Gasteiger partial charge in [0.25, 0.3) is 0 Å². The summed E-state index contributed by atoms with van der Waals surface area (Å²) in [5.41, 5.74) is 0.711. The summed E-state index contributed by atoms with van der Waals surface area (Å²) in [5.74, 6) is 0.900. The minimum Gasteiger partial charge on any atom is -0.448 e. The van der Waals surface area contributed by atoms with E-state index in [4.69, 9.17) is 4.74 Å². The van der Waals surface area contributed by atoms with Crippen LogP contribution in [0.3, 0.4) is 0 Å². The van der Waals surface area contributed by atoms with Crippen LogP contribution >= 0.6 is 11.8 Å². The van der Waals surface area contributed by atoms with Gasteiger partial charge in [0.05, 0.1) is 5.56 Å². The van der Waals surface area contributed by atoms with Gasteiger partial charge in [0.15, 0.2) is 0 Å². The predicted octanol–water partition coefficient (Wildman–Crippen LogP) is 2.70. The summed E-state index contributed by atoms with van der Waals surface area (Å²) in [6.07, 6.45) is 2.14. The molecule has 1 heterocycles. The highest BCUT2D eigenvalue weighted by Crippen LogP contribution is 2.27. The van der Waals surface area contributed by atoms with Gasteiger partial charge in [-0.3, -0.25) is 0 Å². The van der Waals surface area contributed by atoms with Gasteiger partial charge < -0.3 is 4.74 Å². The van der Waals surface area contributed by atoms with E-state index in [0.29, 0.717) is 5.56 Å². The van der Waals surface area contributed by atoms with Crippen LogP contribution in [-0.4, -0.2) is 17.2 Å². The first kappa shape index (κ1) is 9.59. The highest BCUT2D eigenvalue weighted by atomic mass is 32.2. The number of benzene rings is 1. The van der Waals surface area contributed by atoms with Gasteiger partial charge in [0.2, 0.25) is 0 Å². The fourth-order valence-electron chi connectivity index (χ4n) is 1.40. The van der Waals surface area contributed by atoms with Crippen molar-refractivity contribution in [3.63, 3.8) is 0 Å². The Morgan fingerprint density at radius 1 is 1.36 bits per heavy atom. The summed E-state index contributed by atoms with van der Waals surface area (Å²) >= 11 is 1.72. The highest BCUT2D eigenvalue weighted by Gasteiger charge is 2.20. The lowest BCUT2D eigenvalue weighted by molar-refractivity contribution is 0.0457. The van der Waals surface area contributed by atoms with Crippen LogP contribution in [0.25, 0.3) is 0 Å². The molecular formula is C11H12O2S. The fraction of sp³-hybridized carbons (Fsp3) is 0.364. The van der Waals surface area contributed by atoms with Crippen molar-refractivity contribution >= 4 is 17.7 Å². The number of hydrogen-bond acceptors (Lipinski definition) is 3. The number of carbonyl (C=O) groups is 1. The van der Waals surface area contributed by atoms with Gasteiger partial charge in [0, 0.05) is 0 Å². The van der Waals surface area contributed by atoms with Crippen molar-refractivity contribution in [2.24, 2.45) is 0 Å². The van der Waals surface area contributed by atoms with E-state index < -0.39 is 0 Å².